The molecule has 1 aromatic rings. The van der Waals surface area contributed by atoms with Gasteiger partial charge in [-0.1, -0.05) is 0 Å². The van der Waals surface area contributed by atoms with Crippen molar-refractivity contribution in [2.75, 3.05) is 34.0 Å². The van der Waals surface area contributed by atoms with Gasteiger partial charge in [0.1, 0.15) is 17.6 Å². The van der Waals surface area contributed by atoms with Crippen LogP contribution < -0.4 is 9.47 Å². The first kappa shape index (κ1) is 15.4. The number of hydrogen-bond acceptors (Lipinski definition) is 6. The molecule has 0 bridgehead atoms. The first-order chi connectivity index (χ1) is 9.47. The Morgan fingerprint density at radius 2 is 1.80 bits per heavy atom. The van der Waals surface area contributed by atoms with Gasteiger partial charge in [0, 0.05) is 10.7 Å². The van der Waals surface area contributed by atoms with E-state index in [1.165, 1.54) is 14.2 Å². The topological polar surface area (TPSA) is 71.1 Å². The predicted octanol–water partition coefficient (Wildman–Crippen LogP) is 1.72. The van der Waals surface area contributed by atoms with Crippen molar-refractivity contribution in [1.82, 2.24) is 0 Å². The molecule has 0 amide bonds. The Kier molecular flexibility index (Phi) is 4.74. The van der Waals surface area contributed by atoms with E-state index in [-0.39, 0.29) is 22.5 Å². The summed E-state index contributed by atoms with van der Waals surface area (Å²) in [5.41, 5.74) is 0.711. The van der Waals surface area contributed by atoms with Crippen LogP contribution in [0.4, 0.5) is 0 Å². The summed E-state index contributed by atoms with van der Waals surface area (Å²) >= 11 is 0. The molecule has 112 valence electrons. The van der Waals surface area contributed by atoms with Crippen LogP contribution in [-0.4, -0.2) is 42.5 Å². The average Bonchev–Trinajstić information content (AvgIpc) is 2.45. The molecule has 0 spiro atoms. The zero-order valence-corrected chi connectivity index (χ0v) is 12.7. The minimum atomic E-state index is -3.99. The first-order valence-electron chi connectivity index (χ1n) is 5.87. The lowest BCUT2D eigenvalue weighted by molar-refractivity contribution is -0.0902. The van der Waals surface area contributed by atoms with Gasteiger partial charge in [0.15, 0.2) is 4.90 Å². The highest BCUT2D eigenvalue weighted by Gasteiger charge is 2.26. The second-order valence-corrected chi connectivity index (χ2v) is 6.63. The normalized spacial score (nSPS) is 19.6. The van der Waals surface area contributed by atoms with Crippen molar-refractivity contribution in [2.45, 2.75) is 11.0 Å². The molecule has 2 rings (SSSR count). The van der Waals surface area contributed by atoms with E-state index in [0.29, 0.717) is 25.4 Å². The summed E-state index contributed by atoms with van der Waals surface area (Å²) in [5, 5.41) is 0. The highest BCUT2D eigenvalue weighted by Crippen LogP contribution is 2.39. The molecule has 8 heteroatoms. The monoisotopic (exact) mass is 322 g/mol. The van der Waals surface area contributed by atoms with E-state index in [1.807, 2.05) is 0 Å². The quantitative estimate of drug-likeness (QED) is 0.786. The van der Waals surface area contributed by atoms with E-state index in [0.717, 1.165) is 0 Å². The first-order valence-corrected chi connectivity index (χ1v) is 8.18. The maximum Gasteiger partial charge on any atom is 0.268 e. The Labute approximate surface area is 122 Å². The van der Waals surface area contributed by atoms with Crippen molar-refractivity contribution in [2.24, 2.45) is 0 Å². The van der Waals surface area contributed by atoms with Gasteiger partial charge in [0.25, 0.3) is 9.05 Å². The third-order valence-electron chi connectivity index (χ3n) is 2.91. The fourth-order valence-electron chi connectivity index (χ4n) is 2.01. The smallest absolute Gasteiger partial charge is 0.268 e. The van der Waals surface area contributed by atoms with Gasteiger partial charge in [-0.3, -0.25) is 0 Å². The van der Waals surface area contributed by atoms with Gasteiger partial charge in [-0.15, -0.1) is 0 Å². The van der Waals surface area contributed by atoms with Crippen LogP contribution in [0.2, 0.25) is 0 Å². The van der Waals surface area contributed by atoms with Crippen LogP contribution >= 0.6 is 10.7 Å². The van der Waals surface area contributed by atoms with Crippen LogP contribution in [0, 0.1) is 0 Å². The maximum absolute atomic E-state index is 11.6. The molecular weight excluding hydrogens is 308 g/mol. The Morgan fingerprint density at radius 1 is 1.20 bits per heavy atom. The average molecular weight is 323 g/mol. The molecular formula is C12H15ClO6S. The molecule has 1 aromatic carbocycles. The van der Waals surface area contributed by atoms with Crippen LogP contribution in [0.25, 0.3) is 0 Å². The predicted molar refractivity (Wildman–Crippen MR) is 72.1 cm³/mol. The molecule has 1 fully saturated rings. The summed E-state index contributed by atoms with van der Waals surface area (Å²) in [6, 6.07) is 3.13. The lowest BCUT2D eigenvalue weighted by Gasteiger charge is -2.24. The molecule has 6 nitrogen and oxygen atoms in total. The van der Waals surface area contributed by atoms with Crippen LogP contribution in [0.1, 0.15) is 11.7 Å². The largest absolute Gasteiger partial charge is 0.495 e. The van der Waals surface area contributed by atoms with Crippen molar-refractivity contribution in [3.05, 3.63) is 17.7 Å². The standard InChI is InChI=1S/C12H15ClO6S/c1-16-9-5-8(11-7-18-3-4-19-11)6-10(17-2)12(9)20(13,14)15/h5-6,11H,3-4,7H2,1-2H3. The molecule has 1 heterocycles. The fourth-order valence-corrected chi connectivity index (χ4v) is 3.23. The van der Waals surface area contributed by atoms with E-state index < -0.39 is 9.05 Å². The second kappa shape index (κ2) is 6.17. The molecule has 1 saturated heterocycles. The number of ether oxygens (including phenoxy) is 4. The van der Waals surface area contributed by atoms with Crippen molar-refractivity contribution < 1.29 is 27.4 Å². The molecule has 0 saturated carbocycles. The van der Waals surface area contributed by atoms with Crippen molar-refractivity contribution >= 4 is 19.7 Å². The van der Waals surface area contributed by atoms with E-state index in [4.69, 9.17) is 29.6 Å². The number of halogens is 1. The molecule has 0 aliphatic carbocycles. The van der Waals surface area contributed by atoms with Crippen LogP contribution in [0.5, 0.6) is 11.5 Å². The van der Waals surface area contributed by atoms with E-state index >= 15 is 0 Å². The van der Waals surface area contributed by atoms with Gasteiger partial charge in [-0.2, -0.15) is 0 Å². The summed E-state index contributed by atoms with van der Waals surface area (Å²) in [6.45, 7) is 1.41. The number of hydrogen-bond donors (Lipinski definition) is 0. The van der Waals surface area contributed by atoms with Crippen LogP contribution in [0.15, 0.2) is 17.0 Å². The SMILES string of the molecule is COc1cc(C2COCCO2)cc(OC)c1S(=O)(=O)Cl. The fraction of sp³-hybridized carbons (Fsp3) is 0.500. The van der Waals surface area contributed by atoms with Crippen molar-refractivity contribution in [1.29, 1.82) is 0 Å². The molecule has 1 atom stereocenters. The van der Waals surface area contributed by atoms with E-state index in [1.54, 1.807) is 12.1 Å². The molecule has 0 radical (unpaired) electrons. The van der Waals surface area contributed by atoms with Gasteiger partial charge in [0.2, 0.25) is 0 Å². The minimum absolute atomic E-state index is 0.114. The third-order valence-corrected chi connectivity index (χ3v) is 4.27. The summed E-state index contributed by atoms with van der Waals surface area (Å²) in [4.78, 5) is -0.190. The highest BCUT2D eigenvalue weighted by molar-refractivity contribution is 8.13. The Hall–Kier alpha value is -1.02. The number of benzene rings is 1. The maximum atomic E-state index is 11.6. The lowest BCUT2D eigenvalue weighted by Crippen LogP contribution is -2.22. The van der Waals surface area contributed by atoms with E-state index in [2.05, 4.69) is 0 Å². The third kappa shape index (κ3) is 3.17. The number of rotatable bonds is 4. The summed E-state index contributed by atoms with van der Waals surface area (Å²) in [7, 11) is 4.16. The molecule has 0 aromatic heterocycles. The van der Waals surface area contributed by atoms with Crippen molar-refractivity contribution in [3.63, 3.8) is 0 Å². The van der Waals surface area contributed by atoms with Gasteiger partial charge >= 0.3 is 0 Å². The Bertz CT molecular complexity index is 555. The number of methoxy groups -OCH3 is 2. The van der Waals surface area contributed by atoms with Gasteiger partial charge in [-0.25, -0.2) is 8.42 Å². The molecule has 1 aliphatic rings. The van der Waals surface area contributed by atoms with Gasteiger partial charge in [0.05, 0.1) is 34.0 Å². The lowest BCUT2D eigenvalue weighted by atomic mass is 10.1. The Morgan fingerprint density at radius 3 is 2.20 bits per heavy atom. The molecule has 1 aliphatic heterocycles. The van der Waals surface area contributed by atoms with Crippen molar-refractivity contribution in [3.8, 4) is 11.5 Å². The summed E-state index contributed by atoms with van der Waals surface area (Å²) in [5.74, 6) is 0.229. The highest BCUT2D eigenvalue weighted by atomic mass is 35.7. The zero-order chi connectivity index (χ0) is 14.8. The van der Waals surface area contributed by atoms with Crippen LogP contribution in [0.3, 0.4) is 0 Å². The summed E-state index contributed by atoms with van der Waals surface area (Å²) < 4.78 is 44.4. The Balaban J connectivity index is 2.52. The van der Waals surface area contributed by atoms with E-state index in [9.17, 15) is 8.42 Å². The minimum Gasteiger partial charge on any atom is -0.495 e. The molecule has 0 N–H and O–H groups in total. The summed E-state index contributed by atoms with van der Waals surface area (Å²) in [6.07, 6.45) is -0.293. The van der Waals surface area contributed by atoms with Gasteiger partial charge in [-0.05, 0) is 17.7 Å². The van der Waals surface area contributed by atoms with Crippen LogP contribution in [-0.2, 0) is 18.5 Å². The molecule has 20 heavy (non-hydrogen) atoms. The second-order valence-electron chi connectivity index (χ2n) is 4.13. The molecule has 1 unspecified atom stereocenters. The zero-order valence-electron chi connectivity index (χ0n) is 11.1. The van der Waals surface area contributed by atoms with Gasteiger partial charge < -0.3 is 18.9 Å².